The highest BCUT2D eigenvalue weighted by Gasteiger charge is 2.26. The van der Waals surface area contributed by atoms with Gasteiger partial charge in [-0.15, -0.1) is 0 Å². The van der Waals surface area contributed by atoms with Crippen LogP contribution in [0.3, 0.4) is 0 Å². The lowest BCUT2D eigenvalue weighted by Crippen LogP contribution is -2.14. The minimum Gasteiger partial charge on any atom is -0.504 e. The van der Waals surface area contributed by atoms with E-state index in [9.17, 15) is 55.2 Å². The molecule has 8 N–H and O–H groups in total. The van der Waals surface area contributed by atoms with E-state index < -0.39 is 86.3 Å². The minimum atomic E-state index is -1.64. The number of esters is 2. The molecule has 0 heterocycles. The third-order valence-electron chi connectivity index (χ3n) is 4.33. The van der Waals surface area contributed by atoms with E-state index in [0.717, 1.165) is 24.3 Å². The highest BCUT2D eigenvalue weighted by molar-refractivity contribution is 5.97. The van der Waals surface area contributed by atoms with Gasteiger partial charge < -0.3 is 50.3 Å². The molecular weight excluding hydrogens is 460 g/mol. The van der Waals surface area contributed by atoms with Gasteiger partial charge >= 0.3 is 17.9 Å². The van der Waals surface area contributed by atoms with Gasteiger partial charge in [0, 0.05) is 0 Å². The molecule has 0 atom stereocenters. The van der Waals surface area contributed by atoms with Crippen LogP contribution in [0.25, 0.3) is 0 Å². The zero-order chi connectivity index (χ0) is 25.3. The summed E-state index contributed by atoms with van der Waals surface area (Å²) in [6.07, 6.45) is 0. The fourth-order valence-corrected chi connectivity index (χ4v) is 2.66. The number of benzene rings is 3. The van der Waals surface area contributed by atoms with Crippen molar-refractivity contribution in [3.8, 4) is 51.7 Å². The molecule has 176 valence electrons. The third-order valence-corrected chi connectivity index (χ3v) is 4.33. The van der Waals surface area contributed by atoms with Crippen LogP contribution in [0.4, 0.5) is 0 Å². The van der Waals surface area contributed by atoms with Crippen molar-refractivity contribution >= 4 is 17.9 Å². The van der Waals surface area contributed by atoms with Crippen LogP contribution < -0.4 is 9.47 Å². The summed E-state index contributed by atoms with van der Waals surface area (Å²) in [5.74, 6) is -12.4. The average molecular weight is 474 g/mol. The first kappa shape index (κ1) is 23.3. The molecule has 3 aromatic carbocycles. The standard InChI is InChI=1S/C21H14O13/c22-10-3-7(4-11(23)16(10)27)20(31)33-14-2-1-9(19(29)30)15(26)18(14)34-21(32)8-5-12(24)17(28)13(25)6-8/h1-6,22-28H,(H,29,30). The Hall–Kier alpha value is -5.33. The van der Waals surface area contributed by atoms with Gasteiger partial charge in [0.25, 0.3) is 0 Å². The van der Waals surface area contributed by atoms with Crippen LogP contribution in [0.5, 0.6) is 51.7 Å². The molecule has 13 heteroatoms. The molecule has 0 radical (unpaired) electrons. The van der Waals surface area contributed by atoms with Crippen LogP contribution in [0.2, 0.25) is 0 Å². The average Bonchev–Trinajstić information content (AvgIpc) is 2.76. The fourth-order valence-electron chi connectivity index (χ4n) is 2.66. The molecule has 0 amide bonds. The molecule has 0 bridgehead atoms. The third kappa shape index (κ3) is 4.34. The first-order valence-corrected chi connectivity index (χ1v) is 8.94. The second-order valence-electron chi connectivity index (χ2n) is 6.60. The highest BCUT2D eigenvalue weighted by Crippen LogP contribution is 2.42. The van der Waals surface area contributed by atoms with Crippen LogP contribution in [-0.2, 0) is 0 Å². The molecule has 0 unspecified atom stereocenters. The Balaban J connectivity index is 2.02. The zero-order valence-electron chi connectivity index (χ0n) is 16.6. The molecular formula is C21H14O13. The smallest absolute Gasteiger partial charge is 0.344 e. The Kier molecular flexibility index (Phi) is 5.94. The number of ether oxygens (including phenoxy) is 2. The molecule has 13 nitrogen and oxygen atoms in total. The van der Waals surface area contributed by atoms with Crippen molar-refractivity contribution in [2.45, 2.75) is 0 Å². The van der Waals surface area contributed by atoms with Crippen molar-refractivity contribution in [2.24, 2.45) is 0 Å². The lowest BCUT2D eigenvalue weighted by atomic mass is 10.1. The van der Waals surface area contributed by atoms with Gasteiger partial charge in [-0.1, -0.05) is 0 Å². The van der Waals surface area contributed by atoms with E-state index in [-0.39, 0.29) is 0 Å². The number of hydrogen-bond donors (Lipinski definition) is 8. The molecule has 0 spiro atoms. The maximum Gasteiger partial charge on any atom is 0.344 e. The number of phenols is 7. The van der Waals surface area contributed by atoms with Crippen LogP contribution in [-0.4, -0.2) is 58.8 Å². The van der Waals surface area contributed by atoms with E-state index in [1.54, 1.807) is 0 Å². The predicted molar refractivity (Wildman–Crippen MR) is 108 cm³/mol. The number of phenolic OH excluding ortho intramolecular Hbond substituents is 6. The van der Waals surface area contributed by atoms with Crippen molar-refractivity contribution in [3.63, 3.8) is 0 Å². The number of rotatable bonds is 5. The predicted octanol–water partition coefficient (Wildman–Crippen LogP) is 1.76. The van der Waals surface area contributed by atoms with Gasteiger partial charge in [0.15, 0.2) is 46.0 Å². The molecule has 0 fully saturated rings. The number of aromatic hydroxyl groups is 7. The Morgan fingerprint density at radius 3 is 1.41 bits per heavy atom. The Bertz CT molecular complexity index is 1300. The minimum absolute atomic E-state index is 0.486. The number of carboxylic acid groups (broad SMARTS) is 1. The number of carbonyl (C=O) groups excluding carboxylic acids is 2. The quantitative estimate of drug-likeness (QED) is 0.150. The molecule has 3 aromatic rings. The summed E-state index contributed by atoms with van der Waals surface area (Å²) in [4.78, 5) is 36.3. The summed E-state index contributed by atoms with van der Waals surface area (Å²) in [7, 11) is 0. The van der Waals surface area contributed by atoms with Crippen LogP contribution in [0.15, 0.2) is 36.4 Å². The number of carbonyl (C=O) groups is 3. The summed E-state index contributed by atoms with van der Waals surface area (Å²) >= 11 is 0. The second-order valence-corrected chi connectivity index (χ2v) is 6.60. The van der Waals surface area contributed by atoms with Gasteiger partial charge in [-0.2, -0.15) is 0 Å². The second kappa shape index (κ2) is 8.66. The van der Waals surface area contributed by atoms with Crippen molar-refractivity contribution < 1.29 is 64.7 Å². The summed E-state index contributed by atoms with van der Waals surface area (Å²) in [5, 5.41) is 76.5. The normalized spacial score (nSPS) is 10.5. The van der Waals surface area contributed by atoms with Crippen molar-refractivity contribution in [2.75, 3.05) is 0 Å². The molecule has 34 heavy (non-hydrogen) atoms. The van der Waals surface area contributed by atoms with E-state index in [0.29, 0.717) is 12.1 Å². The number of aromatic carboxylic acids is 1. The van der Waals surface area contributed by atoms with E-state index in [2.05, 4.69) is 0 Å². The first-order valence-electron chi connectivity index (χ1n) is 8.94. The van der Waals surface area contributed by atoms with Crippen LogP contribution in [0, 0.1) is 0 Å². The molecule has 0 aliphatic heterocycles. The Labute approximate surface area is 188 Å². The monoisotopic (exact) mass is 474 g/mol. The molecule has 0 saturated heterocycles. The molecule has 3 rings (SSSR count). The Morgan fingerprint density at radius 1 is 0.588 bits per heavy atom. The maximum atomic E-state index is 12.5. The van der Waals surface area contributed by atoms with Crippen molar-refractivity contribution in [3.05, 3.63) is 53.1 Å². The summed E-state index contributed by atoms with van der Waals surface area (Å²) in [5.41, 5.74) is -1.78. The topological polar surface area (TPSA) is 232 Å². The zero-order valence-corrected chi connectivity index (χ0v) is 16.6. The van der Waals surface area contributed by atoms with Gasteiger partial charge in [0.05, 0.1) is 11.1 Å². The molecule has 0 aliphatic carbocycles. The SMILES string of the molecule is O=C(Oc1ccc(C(=O)O)c(O)c1OC(=O)c1cc(O)c(O)c(O)c1)c1cc(O)c(O)c(O)c1. The highest BCUT2D eigenvalue weighted by atomic mass is 16.6. The van der Waals surface area contributed by atoms with E-state index in [4.69, 9.17) is 9.47 Å². The van der Waals surface area contributed by atoms with E-state index >= 15 is 0 Å². The maximum absolute atomic E-state index is 12.5. The van der Waals surface area contributed by atoms with Gasteiger partial charge in [-0.25, -0.2) is 14.4 Å². The number of hydrogen-bond acceptors (Lipinski definition) is 12. The van der Waals surface area contributed by atoms with Gasteiger partial charge in [0.2, 0.25) is 5.75 Å². The molecule has 0 saturated carbocycles. The van der Waals surface area contributed by atoms with E-state index in [1.165, 1.54) is 0 Å². The van der Waals surface area contributed by atoms with Crippen LogP contribution in [0.1, 0.15) is 31.1 Å². The van der Waals surface area contributed by atoms with Crippen molar-refractivity contribution in [1.82, 2.24) is 0 Å². The molecule has 0 aliphatic rings. The fraction of sp³-hybridized carbons (Fsp3) is 0. The van der Waals surface area contributed by atoms with Crippen molar-refractivity contribution in [1.29, 1.82) is 0 Å². The Morgan fingerprint density at radius 2 is 1.00 bits per heavy atom. The van der Waals surface area contributed by atoms with Crippen LogP contribution >= 0.6 is 0 Å². The lowest BCUT2D eigenvalue weighted by Gasteiger charge is -2.14. The number of carboxylic acids is 1. The lowest BCUT2D eigenvalue weighted by molar-refractivity contribution is 0.0666. The summed E-state index contributed by atoms with van der Waals surface area (Å²) in [6.45, 7) is 0. The van der Waals surface area contributed by atoms with Gasteiger partial charge in [-0.3, -0.25) is 0 Å². The largest absolute Gasteiger partial charge is 0.504 e. The van der Waals surface area contributed by atoms with Gasteiger partial charge in [0.1, 0.15) is 5.56 Å². The summed E-state index contributed by atoms with van der Waals surface area (Å²) in [6, 6.07) is 4.54. The molecule has 0 aromatic heterocycles. The first-order chi connectivity index (χ1) is 15.9. The van der Waals surface area contributed by atoms with Gasteiger partial charge in [-0.05, 0) is 36.4 Å². The summed E-state index contributed by atoms with van der Waals surface area (Å²) < 4.78 is 9.92. The van der Waals surface area contributed by atoms with E-state index in [1.807, 2.05) is 0 Å².